The Labute approximate surface area is 106 Å². The first kappa shape index (κ1) is 13.3. The molecule has 0 fully saturated rings. The summed E-state index contributed by atoms with van der Waals surface area (Å²) in [5.74, 6) is 0.544. The lowest BCUT2D eigenvalue weighted by atomic mass is 10.1. The standard InChI is InChI=1S/C12H16Cl2N2/c1-12(2,3)16-11(15)7-8-9(13)5-4-6-10(8)14/h4-6H,7H2,1-3H3,(H2,15,16). The molecule has 0 aliphatic rings. The quantitative estimate of drug-likeness (QED) is 0.638. The van der Waals surface area contributed by atoms with Crippen molar-refractivity contribution in [3.8, 4) is 0 Å². The molecular weight excluding hydrogens is 243 g/mol. The number of hydrogen-bond acceptors (Lipinski definition) is 1. The fourth-order valence-electron chi connectivity index (χ4n) is 1.35. The highest BCUT2D eigenvalue weighted by Crippen LogP contribution is 2.24. The summed E-state index contributed by atoms with van der Waals surface area (Å²) in [6.45, 7) is 5.98. The molecular formula is C12H16Cl2N2. The number of benzene rings is 1. The van der Waals surface area contributed by atoms with Gasteiger partial charge in [0, 0.05) is 16.5 Å². The molecule has 4 heteroatoms. The monoisotopic (exact) mass is 258 g/mol. The van der Waals surface area contributed by atoms with Crippen LogP contribution in [0.15, 0.2) is 23.2 Å². The van der Waals surface area contributed by atoms with Gasteiger partial charge >= 0.3 is 0 Å². The molecule has 0 saturated carbocycles. The maximum atomic E-state index is 6.05. The largest absolute Gasteiger partial charge is 0.387 e. The molecule has 16 heavy (non-hydrogen) atoms. The van der Waals surface area contributed by atoms with Crippen LogP contribution in [0.25, 0.3) is 0 Å². The average Bonchev–Trinajstić information content (AvgIpc) is 2.08. The van der Waals surface area contributed by atoms with Gasteiger partial charge in [0.1, 0.15) is 0 Å². The first-order valence-electron chi connectivity index (χ1n) is 5.06. The summed E-state index contributed by atoms with van der Waals surface area (Å²) in [5.41, 5.74) is 6.51. The number of aliphatic imine (C=N–C) groups is 1. The van der Waals surface area contributed by atoms with Crippen molar-refractivity contribution < 1.29 is 0 Å². The van der Waals surface area contributed by atoms with Crippen LogP contribution >= 0.6 is 23.2 Å². The maximum Gasteiger partial charge on any atom is 0.0989 e. The van der Waals surface area contributed by atoms with Crippen molar-refractivity contribution in [2.45, 2.75) is 32.7 Å². The third-order valence-corrected chi connectivity index (χ3v) is 2.61. The Kier molecular flexibility index (Phi) is 4.22. The van der Waals surface area contributed by atoms with Crippen LogP contribution < -0.4 is 5.73 Å². The molecule has 0 spiro atoms. The Bertz CT molecular complexity index is 386. The second-order valence-corrected chi connectivity index (χ2v) is 5.47. The summed E-state index contributed by atoms with van der Waals surface area (Å²) < 4.78 is 0. The van der Waals surface area contributed by atoms with Gasteiger partial charge in [-0.25, -0.2) is 0 Å². The molecule has 1 aromatic rings. The van der Waals surface area contributed by atoms with E-state index < -0.39 is 0 Å². The van der Waals surface area contributed by atoms with Crippen molar-refractivity contribution in [3.05, 3.63) is 33.8 Å². The number of rotatable bonds is 2. The fourth-order valence-corrected chi connectivity index (χ4v) is 1.88. The van der Waals surface area contributed by atoms with Crippen molar-refractivity contribution in [1.29, 1.82) is 0 Å². The molecule has 1 rings (SSSR count). The highest BCUT2D eigenvalue weighted by Gasteiger charge is 2.11. The third kappa shape index (κ3) is 4.03. The molecule has 2 nitrogen and oxygen atoms in total. The highest BCUT2D eigenvalue weighted by atomic mass is 35.5. The van der Waals surface area contributed by atoms with Gasteiger partial charge in [0.15, 0.2) is 0 Å². The molecule has 0 aromatic heterocycles. The predicted molar refractivity (Wildman–Crippen MR) is 71.5 cm³/mol. The van der Waals surface area contributed by atoms with Gasteiger partial charge in [0.2, 0.25) is 0 Å². The van der Waals surface area contributed by atoms with E-state index in [4.69, 9.17) is 28.9 Å². The van der Waals surface area contributed by atoms with E-state index in [9.17, 15) is 0 Å². The van der Waals surface area contributed by atoms with Crippen molar-refractivity contribution in [3.63, 3.8) is 0 Å². The number of nitrogens with two attached hydrogens (primary N) is 1. The molecule has 0 unspecified atom stereocenters. The van der Waals surface area contributed by atoms with Gasteiger partial charge in [-0.3, -0.25) is 4.99 Å². The summed E-state index contributed by atoms with van der Waals surface area (Å²) in [6, 6.07) is 5.41. The number of amidine groups is 1. The molecule has 0 atom stereocenters. The Morgan fingerprint density at radius 2 is 1.75 bits per heavy atom. The van der Waals surface area contributed by atoms with Crippen LogP contribution in [0.1, 0.15) is 26.3 Å². The minimum absolute atomic E-state index is 0.183. The molecule has 0 amide bonds. The molecule has 0 radical (unpaired) electrons. The van der Waals surface area contributed by atoms with E-state index >= 15 is 0 Å². The van der Waals surface area contributed by atoms with Gasteiger partial charge in [-0.05, 0) is 38.5 Å². The molecule has 88 valence electrons. The fraction of sp³-hybridized carbons (Fsp3) is 0.417. The molecule has 0 bridgehead atoms. The van der Waals surface area contributed by atoms with E-state index in [0.717, 1.165) is 5.56 Å². The van der Waals surface area contributed by atoms with E-state index in [2.05, 4.69) is 4.99 Å². The van der Waals surface area contributed by atoms with Crippen LogP contribution in [0.3, 0.4) is 0 Å². The molecule has 0 heterocycles. The number of nitrogens with zero attached hydrogens (tertiary/aromatic N) is 1. The maximum absolute atomic E-state index is 6.05. The number of hydrogen-bond donors (Lipinski definition) is 1. The van der Waals surface area contributed by atoms with Crippen LogP contribution in [0.4, 0.5) is 0 Å². The summed E-state index contributed by atoms with van der Waals surface area (Å²) >= 11 is 12.1. The molecule has 2 N–H and O–H groups in total. The second kappa shape index (κ2) is 5.07. The highest BCUT2D eigenvalue weighted by molar-refractivity contribution is 6.36. The van der Waals surface area contributed by atoms with E-state index in [1.54, 1.807) is 12.1 Å². The zero-order chi connectivity index (χ0) is 12.3. The minimum Gasteiger partial charge on any atom is -0.387 e. The van der Waals surface area contributed by atoms with Crippen LogP contribution in [0.5, 0.6) is 0 Å². The van der Waals surface area contributed by atoms with Crippen molar-refractivity contribution in [2.75, 3.05) is 0 Å². The van der Waals surface area contributed by atoms with Crippen molar-refractivity contribution >= 4 is 29.0 Å². The molecule has 1 aromatic carbocycles. The summed E-state index contributed by atoms with van der Waals surface area (Å²) in [7, 11) is 0. The minimum atomic E-state index is -0.183. The van der Waals surface area contributed by atoms with Gasteiger partial charge in [-0.15, -0.1) is 0 Å². The van der Waals surface area contributed by atoms with Crippen molar-refractivity contribution in [1.82, 2.24) is 0 Å². The smallest absolute Gasteiger partial charge is 0.0989 e. The van der Waals surface area contributed by atoms with Crippen LogP contribution in [0, 0.1) is 0 Å². The van der Waals surface area contributed by atoms with Gasteiger partial charge in [0.05, 0.1) is 11.4 Å². The lowest BCUT2D eigenvalue weighted by molar-refractivity contribution is 0.581. The topological polar surface area (TPSA) is 38.4 Å². The normalized spacial score (nSPS) is 12.9. The lowest BCUT2D eigenvalue weighted by Gasteiger charge is -2.14. The van der Waals surface area contributed by atoms with Crippen LogP contribution in [-0.4, -0.2) is 11.4 Å². The molecule has 0 aliphatic carbocycles. The predicted octanol–water partition coefficient (Wildman–Crippen LogP) is 3.69. The van der Waals surface area contributed by atoms with E-state index in [1.807, 2.05) is 26.8 Å². The van der Waals surface area contributed by atoms with Gasteiger partial charge in [-0.1, -0.05) is 29.3 Å². The molecule has 0 saturated heterocycles. The Balaban J connectivity index is 2.93. The van der Waals surface area contributed by atoms with Gasteiger partial charge < -0.3 is 5.73 Å². The Morgan fingerprint density at radius 3 is 2.19 bits per heavy atom. The zero-order valence-electron chi connectivity index (χ0n) is 9.72. The average molecular weight is 259 g/mol. The Hall–Kier alpha value is -0.730. The van der Waals surface area contributed by atoms with Crippen LogP contribution in [0.2, 0.25) is 10.0 Å². The SMILES string of the molecule is CC(C)(C)N=C(N)Cc1c(Cl)cccc1Cl. The third-order valence-electron chi connectivity index (χ3n) is 1.90. The van der Waals surface area contributed by atoms with E-state index in [-0.39, 0.29) is 5.54 Å². The Morgan fingerprint density at radius 1 is 1.25 bits per heavy atom. The van der Waals surface area contributed by atoms with Crippen LogP contribution in [-0.2, 0) is 6.42 Å². The molecule has 0 aliphatic heterocycles. The zero-order valence-corrected chi connectivity index (χ0v) is 11.2. The first-order valence-corrected chi connectivity index (χ1v) is 5.82. The second-order valence-electron chi connectivity index (χ2n) is 4.65. The number of halogens is 2. The van der Waals surface area contributed by atoms with E-state index in [0.29, 0.717) is 22.3 Å². The van der Waals surface area contributed by atoms with Crippen molar-refractivity contribution in [2.24, 2.45) is 10.7 Å². The van der Waals surface area contributed by atoms with Gasteiger partial charge in [0.25, 0.3) is 0 Å². The van der Waals surface area contributed by atoms with E-state index in [1.165, 1.54) is 0 Å². The first-order chi connectivity index (χ1) is 7.29. The summed E-state index contributed by atoms with van der Waals surface area (Å²) in [6.07, 6.45) is 0.482. The van der Waals surface area contributed by atoms with Gasteiger partial charge in [-0.2, -0.15) is 0 Å². The lowest BCUT2D eigenvalue weighted by Crippen LogP contribution is -2.22. The summed E-state index contributed by atoms with van der Waals surface area (Å²) in [4.78, 5) is 4.36. The summed E-state index contributed by atoms with van der Waals surface area (Å²) in [5, 5.41) is 1.25.